The zero-order valence-electron chi connectivity index (χ0n) is 14.3. The number of rotatable bonds is 8. The summed E-state index contributed by atoms with van der Waals surface area (Å²) in [6.07, 6.45) is 4.17. The number of carbonyl (C=O) groups is 2. The summed E-state index contributed by atoms with van der Waals surface area (Å²) in [7, 11) is 1.32. The van der Waals surface area contributed by atoms with Crippen LogP contribution in [0.15, 0.2) is 40.8 Å². The van der Waals surface area contributed by atoms with E-state index in [9.17, 15) is 9.59 Å². The maximum atomic E-state index is 11.8. The number of aryl methyl sites for hydroxylation is 2. The highest BCUT2D eigenvalue weighted by molar-refractivity contribution is 5.81. The van der Waals surface area contributed by atoms with Crippen LogP contribution in [-0.4, -0.2) is 35.7 Å². The second-order valence-corrected chi connectivity index (χ2v) is 5.43. The van der Waals surface area contributed by atoms with Crippen LogP contribution in [0.2, 0.25) is 0 Å². The lowest BCUT2D eigenvalue weighted by Gasteiger charge is -2.01. The van der Waals surface area contributed by atoms with Crippen LogP contribution < -0.4 is 5.32 Å². The first-order valence-corrected chi connectivity index (χ1v) is 7.99. The number of benzene rings is 1. The predicted molar refractivity (Wildman–Crippen MR) is 91.6 cm³/mol. The maximum Gasteiger partial charge on any atom is 0.330 e. The minimum absolute atomic E-state index is 0.110. The highest BCUT2D eigenvalue weighted by atomic mass is 16.5. The van der Waals surface area contributed by atoms with E-state index in [1.54, 1.807) is 6.08 Å². The number of ether oxygens (including phenoxy) is 1. The first-order chi connectivity index (χ1) is 12.1. The number of hydrogen-bond donors (Lipinski definition) is 1. The lowest BCUT2D eigenvalue weighted by atomic mass is 10.1. The fraction of sp³-hybridized carbons (Fsp3) is 0.333. The van der Waals surface area contributed by atoms with Gasteiger partial charge in [0.2, 0.25) is 17.7 Å². The number of methoxy groups -OCH3 is 1. The van der Waals surface area contributed by atoms with Gasteiger partial charge < -0.3 is 14.5 Å². The van der Waals surface area contributed by atoms with E-state index in [0.29, 0.717) is 31.2 Å². The predicted octanol–water partition coefficient (Wildman–Crippen LogP) is 2.21. The molecule has 0 unspecified atom stereocenters. The number of carbonyl (C=O) groups excluding carboxylic acids is 2. The summed E-state index contributed by atoms with van der Waals surface area (Å²) in [5.74, 6) is 0.355. The molecule has 2 rings (SSSR count). The highest BCUT2D eigenvalue weighted by Gasteiger charge is 2.10. The van der Waals surface area contributed by atoms with Gasteiger partial charge in [0, 0.05) is 31.0 Å². The second kappa shape index (κ2) is 9.36. The van der Waals surface area contributed by atoms with E-state index in [-0.39, 0.29) is 12.3 Å². The lowest BCUT2D eigenvalue weighted by Crippen LogP contribution is -2.24. The normalized spacial score (nSPS) is 10.8. The smallest absolute Gasteiger partial charge is 0.330 e. The van der Waals surface area contributed by atoms with E-state index in [1.165, 1.54) is 13.2 Å². The average Bonchev–Trinajstić information content (AvgIpc) is 3.09. The highest BCUT2D eigenvalue weighted by Crippen LogP contribution is 2.18. The summed E-state index contributed by atoms with van der Waals surface area (Å²) in [5.41, 5.74) is 2.01. The molecule has 7 heteroatoms. The summed E-state index contributed by atoms with van der Waals surface area (Å²) in [6, 6.07) is 7.78. The van der Waals surface area contributed by atoms with Gasteiger partial charge in [0.25, 0.3) is 0 Å². The molecule has 0 aliphatic heterocycles. The number of nitrogens with one attached hydrogen (secondary N) is 1. The van der Waals surface area contributed by atoms with E-state index in [0.717, 1.165) is 11.1 Å². The fourth-order valence-corrected chi connectivity index (χ4v) is 2.02. The van der Waals surface area contributed by atoms with Crippen molar-refractivity contribution < 1.29 is 18.7 Å². The van der Waals surface area contributed by atoms with Crippen LogP contribution in [0.25, 0.3) is 11.5 Å². The van der Waals surface area contributed by atoms with Crippen LogP contribution >= 0.6 is 0 Å². The Balaban J connectivity index is 1.72. The van der Waals surface area contributed by atoms with Crippen LogP contribution in [0.5, 0.6) is 0 Å². The van der Waals surface area contributed by atoms with E-state index < -0.39 is 5.97 Å². The summed E-state index contributed by atoms with van der Waals surface area (Å²) >= 11 is 0. The van der Waals surface area contributed by atoms with E-state index in [1.807, 2.05) is 31.2 Å². The Morgan fingerprint density at radius 3 is 2.72 bits per heavy atom. The molecular weight excluding hydrogens is 322 g/mol. The molecule has 0 saturated heterocycles. The second-order valence-electron chi connectivity index (χ2n) is 5.43. The number of amides is 1. The SMILES string of the molecule is COC(=O)/C=C/CCNC(=O)CCc1nnc(-c2ccc(C)cc2)o1. The van der Waals surface area contributed by atoms with Crippen molar-refractivity contribution in [3.8, 4) is 11.5 Å². The molecule has 25 heavy (non-hydrogen) atoms. The maximum absolute atomic E-state index is 11.8. The number of hydrogen-bond acceptors (Lipinski definition) is 6. The standard InChI is InChI=1S/C18H21N3O4/c1-13-6-8-14(9-7-13)18-21-20-16(25-18)11-10-15(22)19-12-4-3-5-17(23)24-2/h3,5-9H,4,10-12H2,1-2H3,(H,19,22)/b5-3+. The Morgan fingerprint density at radius 2 is 2.00 bits per heavy atom. The molecule has 0 radical (unpaired) electrons. The summed E-state index contributed by atoms with van der Waals surface area (Å²) in [4.78, 5) is 22.6. The fourth-order valence-electron chi connectivity index (χ4n) is 2.02. The van der Waals surface area contributed by atoms with Crippen molar-refractivity contribution in [2.75, 3.05) is 13.7 Å². The molecule has 0 bridgehead atoms. The van der Waals surface area contributed by atoms with Gasteiger partial charge in [0.1, 0.15) is 0 Å². The third kappa shape index (κ3) is 6.21. The average molecular weight is 343 g/mol. The van der Waals surface area contributed by atoms with Gasteiger partial charge in [0.05, 0.1) is 7.11 Å². The van der Waals surface area contributed by atoms with Gasteiger partial charge in [0.15, 0.2) is 0 Å². The van der Waals surface area contributed by atoms with Crippen molar-refractivity contribution in [2.24, 2.45) is 0 Å². The summed E-state index contributed by atoms with van der Waals surface area (Å²) < 4.78 is 10.0. The molecule has 2 aromatic rings. The van der Waals surface area contributed by atoms with Gasteiger partial charge in [-0.1, -0.05) is 23.8 Å². The first kappa shape index (κ1) is 18.4. The van der Waals surface area contributed by atoms with Crippen molar-refractivity contribution in [2.45, 2.75) is 26.2 Å². The molecule has 1 heterocycles. The molecule has 0 spiro atoms. The van der Waals surface area contributed by atoms with Crippen molar-refractivity contribution in [3.05, 3.63) is 47.9 Å². The molecule has 1 aromatic heterocycles. The van der Waals surface area contributed by atoms with Crippen molar-refractivity contribution in [1.29, 1.82) is 0 Å². The summed E-state index contributed by atoms with van der Waals surface area (Å²) in [5, 5.41) is 10.7. The van der Waals surface area contributed by atoms with Gasteiger partial charge in [-0.25, -0.2) is 4.79 Å². The monoisotopic (exact) mass is 343 g/mol. The number of esters is 1. The Kier molecular flexibility index (Phi) is 6.88. The molecule has 0 aliphatic carbocycles. The molecule has 1 N–H and O–H groups in total. The Morgan fingerprint density at radius 1 is 1.24 bits per heavy atom. The molecule has 0 saturated carbocycles. The molecule has 7 nitrogen and oxygen atoms in total. The molecule has 0 atom stereocenters. The van der Waals surface area contributed by atoms with Crippen LogP contribution in [0.3, 0.4) is 0 Å². The Bertz CT molecular complexity index is 735. The van der Waals surface area contributed by atoms with Crippen molar-refractivity contribution in [3.63, 3.8) is 0 Å². The number of aromatic nitrogens is 2. The lowest BCUT2D eigenvalue weighted by molar-refractivity contribution is -0.134. The third-order valence-electron chi connectivity index (χ3n) is 3.42. The molecular formula is C18H21N3O4. The Labute approximate surface area is 146 Å². The van der Waals surface area contributed by atoms with Gasteiger partial charge in [-0.3, -0.25) is 4.79 Å². The Hall–Kier alpha value is -2.96. The van der Waals surface area contributed by atoms with Gasteiger partial charge in [-0.05, 0) is 25.5 Å². The van der Waals surface area contributed by atoms with Crippen LogP contribution in [0, 0.1) is 6.92 Å². The van der Waals surface area contributed by atoms with Gasteiger partial charge >= 0.3 is 5.97 Å². The van der Waals surface area contributed by atoms with Crippen LogP contribution in [-0.2, 0) is 20.7 Å². The van der Waals surface area contributed by atoms with E-state index in [4.69, 9.17) is 4.42 Å². The van der Waals surface area contributed by atoms with Crippen LogP contribution in [0.1, 0.15) is 24.3 Å². The largest absolute Gasteiger partial charge is 0.466 e. The zero-order valence-corrected chi connectivity index (χ0v) is 14.3. The molecule has 1 aromatic carbocycles. The van der Waals surface area contributed by atoms with Crippen molar-refractivity contribution >= 4 is 11.9 Å². The minimum atomic E-state index is -0.410. The third-order valence-corrected chi connectivity index (χ3v) is 3.42. The molecule has 1 amide bonds. The quantitative estimate of drug-likeness (QED) is 0.449. The molecule has 0 fully saturated rings. The van der Waals surface area contributed by atoms with Gasteiger partial charge in [-0.15, -0.1) is 10.2 Å². The van der Waals surface area contributed by atoms with Crippen molar-refractivity contribution in [1.82, 2.24) is 15.5 Å². The van der Waals surface area contributed by atoms with E-state index in [2.05, 4.69) is 20.3 Å². The number of nitrogens with zero attached hydrogens (tertiary/aromatic N) is 2. The van der Waals surface area contributed by atoms with E-state index >= 15 is 0 Å². The van der Waals surface area contributed by atoms with Gasteiger partial charge in [-0.2, -0.15) is 0 Å². The topological polar surface area (TPSA) is 94.3 Å². The zero-order chi connectivity index (χ0) is 18.1. The first-order valence-electron chi connectivity index (χ1n) is 7.99. The molecule has 132 valence electrons. The summed E-state index contributed by atoms with van der Waals surface area (Å²) in [6.45, 7) is 2.46. The minimum Gasteiger partial charge on any atom is -0.466 e. The molecule has 0 aliphatic rings. The van der Waals surface area contributed by atoms with Crippen LogP contribution in [0.4, 0.5) is 0 Å².